The van der Waals surface area contributed by atoms with Gasteiger partial charge in [-0.05, 0) is 59.2 Å². The Balaban J connectivity index is -0.000000129. The quantitative estimate of drug-likeness (QED) is 0.160. The van der Waals surface area contributed by atoms with Crippen molar-refractivity contribution in [3.8, 4) is 0 Å². The average Bonchev–Trinajstić information content (AvgIpc) is 2.96. The second-order valence-corrected chi connectivity index (χ2v) is 10.9. The zero-order valence-corrected chi connectivity index (χ0v) is 26.3. The Morgan fingerprint density at radius 3 is 0.487 bits per heavy atom. The summed E-state index contributed by atoms with van der Waals surface area (Å²) in [6.07, 6.45) is 0. The van der Waals surface area contributed by atoms with Crippen LogP contribution in [0.5, 0.6) is 0 Å². The van der Waals surface area contributed by atoms with Crippen molar-refractivity contribution in [1.29, 1.82) is 0 Å². The summed E-state index contributed by atoms with van der Waals surface area (Å²) in [5.74, 6) is 14.7. The monoisotopic (exact) mass is 654 g/mol. The van der Waals surface area contributed by atoms with Crippen LogP contribution in [0.15, 0.2) is 0 Å². The van der Waals surface area contributed by atoms with E-state index < -0.39 is 31.3 Å². The standard InChI is InChI=1S/2C10H15.2CHF3O3S.2H2O.Ti/c2*1-6-7(2)9(4)10(5)8(6)3;2*2-1(3,4)8(5,6)7;;;/h2*1-5H3;2*(H,5,6,7);2*1H2;. The first-order valence-electron chi connectivity index (χ1n) is 10.1. The molecule has 39 heavy (non-hydrogen) atoms. The van der Waals surface area contributed by atoms with Gasteiger partial charge in [0.1, 0.15) is 0 Å². The molecular weight excluding hydrogens is 618 g/mol. The molecule has 2 aliphatic rings. The molecule has 10 radical (unpaired) electrons. The van der Waals surface area contributed by atoms with Crippen LogP contribution in [0.4, 0.5) is 26.3 Å². The van der Waals surface area contributed by atoms with Gasteiger partial charge < -0.3 is 11.0 Å². The third-order valence-electron chi connectivity index (χ3n) is 6.21. The first-order chi connectivity index (χ1) is 15.6. The van der Waals surface area contributed by atoms with Crippen molar-refractivity contribution in [2.75, 3.05) is 0 Å². The molecule has 0 aromatic carbocycles. The summed E-state index contributed by atoms with van der Waals surface area (Å²) in [7, 11) is -11.7. The topological polar surface area (TPSA) is 172 Å². The van der Waals surface area contributed by atoms with Crippen LogP contribution in [-0.4, -0.2) is 47.9 Å². The van der Waals surface area contributed by atoms with Crippen LogP contribution < -0.4 is 0 Å². The normalized spacial score (nSPS) is 20.4. The molecule has 2 aliphatic carbocycles. The molecule has 230 valence electrons. The second kappa shape index (κ2) is 17.9. The van der Waals surface area contributed by atoms with Gasteiger partial charge in [0, 0.05) is 21.7 Å². The number of hydrogen-bond donors (Lipinski definition) is 2. The zero-order chi connectivity index (χ0) is 29.8. The fraction of sp³-hybridized carbons (Fsp3) is 0.545. The summed E-state index contributed by atoms with van der Waals surface area (Å²) in [6.45, 7) is 22.0. The minimum atomic E-state index is -5.84. The maximum atomic E-state index is 10.7. The maximum Gasteiger partial charge on any atom is 0.522 e. The van der Waals surface area contributed by atoms with Crippen LogP contribution in [0, 0.1) is 59.2 Å². The van der Waals surface area contributed by atoms with Gasteiger partial charge in [0.25, 0.3) is 0 Å². The molecule has 8 nitrogen and oxygen atoms in total. The number of halogens is 6. The van der Waals surface area contributed by atoms with E-state index in [2.05, 4.69) is 69.2 Å². The van der Waals surface area contributed by atoms with E-state index in [4.69, 9.17) is 25.9 Å². The molecular formula is C22H36F6O8S2Ti. The van der Waals surface area contributed by atoms with Gasteiger partial charge in [0.2, 0.25) is 0 Å². The van der Waals surface area contributed by atoms with Crippen LogP contribution in [0.2, 0.25) is 0 Å². The molecule has 0 aliphatic heterocycles. The fourth-order valence-corrected chi connectivity index (χ4v) is 2.81. The van der Waals surface area contributed by atoms with E-state index in [1.165, 1.54) is 59.2 Å². The predicted molar refractivity (Wildman–Crippen MR) is 132 cm³/mol. The van der Waals surface area contributed by atoms with Crippen LogP contribution in [-0.2, 0) is 42.0 Å². The van der Waals surface area contributed by atoms with Crippen LogP contribution in [0.1, 0.15) is 69.2 Å². The second-order valence-electron chi connectivity index (χ2n) is 8.09. The Hall–Kier alpha value is 0.0343. The van der Waals surface area contributed by atoms with Gasteiger partial charge in [-0.1, -0.05) is 69.2 Å². The minimum absolute atomic E-state index is 0. The molecule has 6 N–H and O–H groups in total. The van der Waals surface area contributed by atoms with E-state index in [9.17, 15) is 26.3 Å². The summed E-state index contributed by atoms with van der Waals surface area (Å²) in [4.78, 5) is 0. The van der Waals surface area contributed by atoms with Gasteiger partial charge in [-0.25, -0.2) is 0 Å². The van der Waals surface area contributed by atoms with Crippen molar-refractivity contribution in [3.63, 3.8) is 0 Å². The van der Waals surface area contributed by atoms with Gasteiger partial charge >= 0.3 is 31.3 Å². The first kappa shape index (κ1) is 48.7. The van der Waals surface area contributed by atoms with Crippen LogP contribution in [0.3, 0.4) is 0 Å². The van der Waals surface area contributed by atoms with Gasteiger partial charge in [0.15, 0.2) is 0 Å². The van der Waals surface area contributed by atoms with E-state index in [1.807, 2.05) is 0 Å². The van der Waals surface area contributed by atoms with E-state index >= 15 is 0 Å². The van der Waals surface area contributed by atoms with E-state index in [0.717, 1.165) is 0 Å². The third-order valence-corrected chi connectivity index (χ3v) is 7.38. The predicted octanol–water partition coefficient (Wildman–Crippen LogP) is 5.08. The van der Waals surface area contributed by atoms with Gasteiger partial charge in [-0.2, -0.15) is 43.2 Å². The van der Waals surface area contributed by atoms with E-state index in [-0.39, 0.29) is 32.7 Å². The Labute approximate surface area is 244 Å². The smallest absolute Gasteiger partial charge is 0.412 e. The van der Waals surface area contributed by atoms with Crippen molar-refractivity contribution in [2.45, 2.75) is 80.3 Å². The van der Waals surface area contributed by atoms with Crippen molar-refractivity contribution in [2.24, 2.45) is 0 Å². The third kappa shape index (κ3) is 14.7. The minimum Gasteiger partial charge on any atom is -0.412 e. The van der Waals surface area contributed by atoms with Crippen molar-refractivity contribution in [3.05, 3.63) is 59.2 Å². The van der Waals surface area contributed by atoms with Crippen LogP contribution >= 0.6 is 0 Å². The number of hydrogen-bond acceptors (Lipinski definition) is 4. The van der Waals surface area contributed by atoms with E-state index in [0.29, 0.717) is 0 Å². The first-order valence-corrected chi connectivity index (χ1v) is 13.0. The molecule has 2 fully saturated rings. The van der Waals surface area contributed by atoms with Gasteiger partial charge in [-0.3, -0.25) is 9.11 Å². The van der Waals surface area contributed by atoms with E-state index in [1.54, 1.807) is 0 Å². The molecule has 0 heterocycles. The molecule has 0 aromatic heterocycles. The molecule has 0 aromatic rings. The molecule has 0 saturated heterocycles. The Morgan fingerprint density at radius 1 is 0.410 bits per heavy atom. The summed E-state index contributed by atoms with van der Waals surface area (Å²) < 4.78 is 115. The molecule has 0 amide bonds. The Bertz CT molecular complexity index is 722. The molecule has 0 spiro atoms. The molecule has 0 unspecified atom stereocenters. The Kier molecular flexibility index (Phi) is 22.3. The molecule has 2 rings (SSSR count). The number of alkyl halides is 6. The van der Waals surface area contributed by atoms with Crippen molar-refractivity contribution < 1.29 is 85.0 Å². The molecule has 17 heteroatoms. The zero-order valence-electron chi connectivity index (χ0n) is 23.1. The Morgan fingerprint density at radius 2 is 0.462 bits per heavy atom. The van der Waals surface area contributed by atoms with Gasteiger partial charge in [0.05, 0.1) is 0 Å². The number of rotatable bonds is 0. The molecule has 0 atom stereocenters. The molecule has 0 bridgehead atoms. The van der Waals surface area contributed by atoms with Crippen molar-refractivity contribution >= 4 is 20.2 Å². The van der Waals surface area contributed by atoms with Gasteiger partial charge in [-0.15, -0.1) is 0 Å². The summed E-state index contributed by atoms with van der Waals surface area (Å²) in [5.41, 5.74) is -11.1. The fourth-order valence-electron chi connectivity index (χ4n) is 2.81. The van der Waals surface area contributed by atoms with Crippen molar-refractivity contribution in [1.82, 2.24) is 0 Å². The summed E-state index contributed by atoms with van der Waals surface area (Å²) in [5, 5.41) is 0. The molecule has 2 saturated carbocycles. The summed E-state index contributed by atoms with van der Waals surface area (Å²) >= 11 is 0. The largest absolute Gasteiger partial charge is 0.522 e. The summed E-state index contributed by atoms with van der Waals surface area (Å²) in [6, 6.07) is 0. The van der Waals surface area contributed by atoms with Crippen LogP contribution in [0.25, 0.3) is 0 Å². The SMILES string of the molecule is C[C]1[C](C)[C](C)[C](C)[C]1C.C[C]1[C](C)[C](C)[C](C)[C]1C.O.O.O=S(=O)(O)C(F)(F)F.O=S(=O)(O)C(F)(F)F.[Ti]. The average molecular weight is 655 g/mol. The maximum absolute atomic E-state index is 10.7.